The second-order valence-electron chi connectivity index (χ2n) is 4.74. The highest BCUT2D eigenvalue weighted by Crippen LogP contribution is 2.14. The fraction of sp³-hybridized carbons (Fsp3) is 0.571. The quantitative estimate of drug-likeness (QED) is 0.873. The fourth-order valence-corrected chi connectivity index (χ4v) is 2.32. The zero-order chi connectivity index (χ0) is 12.8. The molecule has 0 aliphatic carbocycles. The molecule has 0 radical (unpaired) electrons. The Kier molecular flexibility index (Phi) is 4.56. The van der Waals surface area contributed by atoms with Crippen LogP contribution < -0.4 is 5.32 Å². The minimum absolute atomic E-state index is 0.0639. The summed E-state index contributed by atoms with van der Waals surface area (Å²) in [6.45, 7) is 1.73. The molecule has 1 aliphatic heterocycles. The molecule has 1 aliphatic rings. The highest BCUT2D eigenvalue weighted by molar-refractivity contribution is 5.93. The van der Waals surface area contributed by atoms with Gasteiger partial charge in [0.05, 0.1) is 0 Å². The zero-order valence-electron chi connectivity index (χ0n) is 11.0. The lowest BCUT2D eigenvalue weighted by molar-refractivity contribution is 0.0736. The van der Waals surface area contributed by atoms with Gasteiger partial charge in [-0.05, 0) is 25.0 Å². The maximum Gasteiger partial charge on any atom is 0.272 e. The number of anilines is 1. The summed E-state index contributed by atoms with van der Waals surface area (Å²) in [5.41, 5.74) is 1.47. The summed E-state index contributed by atoms with van der Waals surface area (Å²) < 4.78 is 0. The summed E-state index contributed by atoms with van der Waals surface area (Å²) in [6.07, 6.45) is 7.66. The van der Waals surface area contributed by atoms with E-state index in [-0.39, 0.29) is 5.91 Å². The van der Waals surface area contributed by atoms with Gasteiger partial charge in [-0.2, -0.15) is 0 Å². The lowest BCUT2D eigenvalue weighted by Crippen LogP contribution is -2.34. The van der Waals surface area contributed by atoms with E-state index < -0.39 is 0 Å². The van der Waals surface area contributed by atoms with Gasteiger partial charge in [-0.15, -0.1) is 0 Å². The van der Waals surface area contributed by atoms with E-state index in [0.717, 1.165) is 31.6 Å². The van der Waals surface area contributed by atoms with Gasteiger partial charge in [-0.3, -0.25) is 9.78 Å². The van der Waals surface area contributed by atoms with Crippen molar-refractivity contribution in [2.45, 2.75) is 32.1 Å². The molecule has 0 atom stereocenters. The van der Waals surface area contributed by atoms with Crippen LogP contribution in [0.2, 0.25) is 0 Å². The molecule has 0 spiro atoms. The Morgan fingerprint density at radius 1 is 1.22 bits per heavy atom. The SMILES string of the molecule is CNc1ccnc(C(=O)N2CCCCCCC2)c1. The van der Waals surface area contributed by atoms with Crippen LogP contribution in [0.15, 0.2) is 18.3 Å². The number of carbonyl (C=O) groups is 1. The maximum absolute atomic E-state index is 12.4. The van der Waals surface area contributed by atoms with Gasteiger partial charge < -0.3 is 10.2 Å². The summed E-state index contributed by atoms with van der Waals surface area (Å²) in [4.78, 5) is 18.5. The molecule has 18 heavy (non-hydrogen) atoms. The third kappa shape index (κ3) is 3.22. The number of carbonyl (C=O) groups excluding carboxylic acids is 1. The van der Waals surface area contributed by atoms with Gasteiger partial charge in [0.1, 0.15) is 5.69 Å². The Hall–Kier alpha value is -1.58. The average Bonchev–Trinajstić information content (AvgIpc) is 2.38. The summed E-state index contributed by atoms with van der Waals surface area (Å²) >= 11 is 0. The molecule has 0 aromatic carbocycles. The van der Waals surface area contributed by atoms with Gasteiger partial charge >= 0.3 is 0 Å². The third-order valence-electron chi connectivity index (χ3n) is 3.41. The number of hydrogen-bond acceptors (Lipinski definition) is 3. The van der Waals surface area contributed by atoms with Crippen LogP contribution in [-0.4, -0.2) is 35.9 Å². The predicted molar refractivity (Wildman–Crippen MR) is 72.8 cm³/mol. The van der Waals surface area contributed by atoms with Crippen molar-refractivity contribution in [1.82, 2.24) is 9.88 Å². The summed E-state index contributed by atoms with van der Waals surface area (Å²) in [7, 11) is 1.85. The van der Waals surface area contributed by atoms with Crippen LogP contribution in [0, 0.1) is 0 Å². The molecule has 2 rings (SSSR count). The number of hydrogen-bond donors (Lipinski definition) is 1. The molecule has 1 aromatic rings. The van der Waals surface area contributed by atoms with E-state index in [4.69, 9.17) is 0 Å². The van der Waals surface area contributed by atoms with Crippen molar-refractivity contribution >= 4 is 11.6 Å². The van der Waals surface area contributed by atoms with Gasteiger partial charge in [0.15, 0.2) is 0 Å². The van der Waals surface area contributed by atoms with Crippen LogP contribution in [0.4, 0.5) is 5.69 Å². The molecule has 4 nitrogen and oxygen atoms in total. The molecule has 2 heterocycles. The van der Waals surface area contributed by atoms with E-state index in [1.54, 1.807) is 6.20 Å². The van der Waals surface area contributed by atoms with Crippen molar-refractivity contribution in [2.24, 2.45) is 0 Å². The van der Waals surface area contributed by atoms with Crippen molar-refractivity contribution in [1.29, 1.82) is 0 Å². The Morgan fingerprint density at radius 3 is 2.56 bits per heavy atom. The van der Waals surface area contributed by atoms with Gasteiger partial charge in [-0.25, -0.2) is 0 Å². The standard InChI is InChI=1S/C14H21N3O/c1-15-12-7-8-16-13(11-12)14(18)17-9-5-3-2-4-6-10-17/h7-8,11H,2-6,9-10H2,1H3,(H,15,16). The average molecular weight is 247 g/mol. The van der Waals surface area contributed by atoms with E-state index in [1.165, 1.54) is 19.3 Å². The molecular weight excluding hydrogens is 226 g/mol. The first-order valence-electron chi connectivity index (χ1n) is 6.74. The molecular formula is C14H21N3O. The molecule has 98 valence electrons. The number of nitrogens with zero attached hydrogens (tertiary/aromatic N) is 2. The van der Waals surface area contributed by atoms with Crippen LogP contribution >= 0.6 is 0 Å². The lowest BCUT2D eigenvalue weighted by Gasteiger charge is -2.24. The Morgan fingerprint density at radius 2 is 1.89 bits per heavy atom. The predicted octanol–water partition coefficient (Wildman–Crippen LogP) is 2.53. The minimum Gasteiger partial charge on any atom is -0.388 e. The zero-order valence-corrected chi connectivity index (χ0v) is 11.0. The van der Waals surface area contributed by atoms with Crippen molar-refractivity contribution in [3.05, 3.63) is 24.0 Å². The minimum atomic E-state index is 0.0639. The summed E-state index contributed by atoms with van der Waals surface area (Å²) in [6, 6.07) is 3.69. The number of aromatic nitrogens is 1. The fourth-order valence-electron chi connectivity index (χ4n) is 2.32. The van der Waals surface area contributed by atoms with Crippen molar-refractivity contribution in [2.75, 3.05) is 25.5 Å². The third-order valence-corrected chi connectivity index (χ3v) is 3.41. The van der Waals surface area contributed by atoms with E-state index in [2.05, 4.69) is 10.3 Å². The molecule has 0 saturated carbocycles. The number of likely N-dealkylation sites (tertiary alicyclic amines) is 1. The normalized spacial score (nSPS) is 16.8. The molecule has 4 heteroatoms. The van der Waals surface area contributed by atoms with Crippen molar-refractivity contribution < 1.29 is 4.79 Å². The Labute approximate surface area is 108 Å². The first-order valence-corrected chi connectivity index (χ1v) is 6.74. The second-order valence-corrected chi connectivity index (χ2v) is 4.74. The smallest absolute Gasteiger partial charge is 0.272 e. The highest BCUT2D eigenvalue weighted by atomic mass is 16.2. The van der Waals surface area contributed by atoms with Gasteiger partial charge in [0, 0.05) is 32.0 Å². The van der Waals surface area contributed by atoms with Crippen LogP contribution in [0.5, 0.6) is 0 Å². The van der Waals surface area contributed by atoms with Gasteiger partial charge in [0.25, 0.3) is 5.91 Å². The van der Waals surface area contributed by atoms with Crippen LogP contribution in [0.25, 0.3) is 0 Å². The van der Waals surface area contributed by atoms with Crippen LogP contribution in [0.3, 0.4) is 0 Å². The first-order chi connectivity index (χ1) is 8.81. The molecule has 1 fully saturated rings. The van der Waals surface area contributed by atoms with E-state index >= 15 is 0 Å². The molecule has 0 unspecified atom stereocenters. The van der Waals surface area contributed by atoms with Crippen molar-refractivity contribution in [3.8, 4) is 0 Å². The van der Waals surface area contributed by atoms with E-state index in [0.29, 0.717) is 5.69 Å². The lowest BCUT2D eigenvalue weighted by atomic mass is 10.1. The van der Waals surface area contributed by atoms with Gasteiger partial charge in [-0.1, -0.05) is 19.3 Å². The molecule has 1 N–H and O–H groups in total. The highest BCUT2D eigenvalue weighted by Gasteiger charge is 2.17. The number of nitrogens with one attached hydrogen (secondary N) is 1. The van der Waals surface area contributed by atoms with Crippen molar-refractivity contribution in [3.63, 3.8) is 0 Å². The van der Waals surface area contributed by atoms with E-state index in [1.807, 2.05) is 24.1 Å². The van der Waals surface area contributed by atoms with Crippen LogP contribution in [0.1, 0.15) is 42.6 Å². The maximum atomic E-state index is 12.4. The van der Waals surface area contributed by atoms with Crippen LogP contribution in [-0.2, 0) is 0 Å². The van der Waals surface area contributed by atoms with Gasteiger partial charge in [0.2, 0.25) is 0 Å². The molecule has 0 bridgehead atoms. The second kappa shape index (κ2) is 6.38. The number of rotatable bonds is 2. The first kappa shape index (κ1) is 12.9. The topological polar surface area (TPSA) is 45.2 Å². The number of pyridine rings is 1. The molecule has 1 aromatic heterocycles. The monoisotopic (exact) mass is 247 g/mol. The Bertz CT molecular complexity index is 398. The van der Waals surface area contributed by atoms with E-state index in [9.17, 15) is 4.79 Å². The Balaban J connectivity index is 2.08. The number of amides is 1. The summed E-state index contributed by atoms with van der Waals surface area (Å²) in [5, 5.41) is 3.04. The molecule has 1 amide bonds. The molecule has 1 saturated heterocycles. The largest absolute Gasteiger partial charge is 0.388 e. The summed E-state index contributed by atoms with van der Waals surface area (Å²) in [5.74, 6) is 0.0639.